The number of hydrogen-bond acceptors (Lipinski definition) is 4. The minimum absolute atomic E-state index is 0.0446. The lowest BCUT2D eigenvalue weighted by Crippen LogP contribution is -2.46. The van der Waals surface area contributed by atoms with E-state index in [0.29, 0.717) is 26.3 Å². The minimum Gasteiger partial charge on any atom is -0.383 e. The predicted molar refractivity (Wildman–Crippen MR) is 118 cm³/mol. The van der Waals surface area contributed by atoms with E-state index in [4.69, 9.17) is 9.47 Å². The van der Waals surface area contributed by atoms with E-state index in [1.807, 2.05) is 29.2 Å². The van der Waals surface area contributed by atoms with Gasteiger partial charge in [0, 0.05) is 37.5 Å². The van der Waals surface area contributed by atoms with Crippen LogP contribution in [0, 0.1) is 29.1 Å². The van der Waals surface area contributed by atoms with Crippen LogP contribution in [-0.2, 0) is 19.1 Å². The second kappa shape index (κ2) is 8.81. The molecule has 3 aliphatic carbocycles. The Morgan fingerprint density at radius 2 is 1.60 bits per heavy atom. The highest BCUT2D eigenvalue weighted by Gasteiger charge is 2.70. The van der Waals surface area contributed by atoms with Gasteiger partial charge in [-0.2, -0.15) is 0 Å². The number of nitrogens with zero attached hydrogens (tertiary/aromatic N) is 1. The summed E-state index contributed by atoms with van der Waals surface area (Å²) in [4.78, 5) is 28.9. The second-order valence-electron chi connectivity index (χ2n) is 8.53. The Kier molecular flexibility index (Phi) is 6.32. The largest absolute Gasteiger partial charge is 0.383 e. The zero-order valence-electron chi connectivity index (χ0n) is 17.5. The number of nitrogens with one attached hydrogen (secondary N) is 1. The Balaban J connectivity index is 1.57. The monoisotopic (exact) mass is 476 g/mol. The highest BCUT2D eigenvalue weighted by atomic mass is 79.9. The van der Waals surface area contributed by atoms with Crippen LogP contribution < -0.4 is 5.32 Å². The standard InChI is InChI=1S/C23H29BrN2O4/c1-29-13-11-26(12-14-30-2)22(28)20-18-8-7-17(23(18)9-10-23)19(20)21(27)25-16-5-3-15(24)4-6-16/h3-8,17-20H,9-14H2,1-2H3,(H,25,27)/t17-,18+,19+,20+/m0/s1. The smallest absolute Gasteiger partial charge is 0.228 e. The average Bonchev–Trinajstić information content (AvgIpc) is 3.41. The van der Waals surface area contributed by atoms with Crippen LogP contribution in [0.4, 0.5) is 5.69 Å². The molecule has 1 aromatic rings. The zero-order valence-corrected chi connectivity index (χ0v) is 19.1. The maximum Gasteiger partial charge on any atom is 0.228 e. The molecule has 0 aliphatic heterocycles. The fraction of sp³-hybridized carbons (Fsp3) is 0.565. The minimum atomic E-state index is -0.341. The van der Waals surface area contributed by atoms with Gasteiger partial charge in [-0.1, -0.05) is 28.1 Å². The van der Waals surface area contributed by atoms with Crippen LogP contribution in [-0.4, -0.2) is 57.2 Å². The molecule has 0 radical (unpaired) electrons. The van der Waals surface area contributed by atoms with E-state index in [0.717, 1.165) is 23.0 Å². The molecular formula is C23H29BrN2O4. The lowest BCUT2D eigenvalue weighted by atomic mass is 9.81. The number of halogens is 1. The summed E-state index contributed by atoms with van der Waals surface area (Å²) in [6.45, 7) is 1.94. The molecular weight excluding hydrogens is 448 g/mol. The van der Waals surface area contributed by atoms with Crippen molar-refractivity contribution in [1.29, 1.82) is 0 Å². The van der Waals surface area contributed by atoms with Crippen molar-refractivity contribution in [2.45, 2.75) is 12.8 Å². The summed E-state index contributed by atoms with van der Waals surface area (Å²) in [6.07, 6.45) is 6.56. The van der Waals surface area contributed by atoms with E-state index in [1.165, 1.54) is 0 Å². The van der Waals surface area contributed by atoms with Crippen molar-refractivity contribution in [1.82, 2.24) is 4.90 Å². The highest BCUT2D eigenvalue weighted by molar-refractivity contribution is 9.10. The van der Waals surface area contributed by atoms with E-state index in [1.54, 1.807) is 14.2 Å². The molecule has 0 heterocycles. The average molecular weight is 477 g/mol. The molecule has 7 heteroatoms. The first-order valence-corrected chi connectivity index (χ1v) is 11.3. The number of benzene rings is 1. The molecule has 2 fully saturated rings. The van der Waals surface area contributed by atoms with Crippen molar-refractivity contribution < 1.29 is 19.1 Å². The van der Waals surface area contributed by atoms with Crippen molar-refractivity contribution in [3.8, 4) is 0 Å². The van der Waals surface area contributed by atoms with Crippen LogP contribution in [0.3, 0.4) is 0 Å². The molecule has 2 saturated carbocycles. The molecule has 162 valence electrons. The first-order valence-electron chi connectivity index (χ1n) is 10.5. The summed E-state index contributed by atoms with van der Waals surface area (Å²) in [5.74, 6) is -0.403. The van der Waals surface area contributed by atoms with Gasteiger partial charge in [-0.15, -0.1) is 0 Å². The van der Waals surface area contributed by atoms with E-state index in [9.17, 15) is 9.59 Å². The van der Waals surface area contributed by atoms with Crippen LogP contribution in [0.1, 0.15) is 12.8 Å². The fourth-order valence-electron chi connectivity index (χ4n) is 5.40. The summed E-state index contributed by atoms with van der Waals surface area (Å²) in [7, 11) is 3.26. The van der Waals surface area contributed by atoms with Gasteiger partial charge in [0.05, 0.1) is 25.0 Å². The Morgan fingerprint density at radius 3 is 2.13 bits per heavy atom. The van der Waals surface area contributed by atoms with Gasteiger partial charge < -0.3 is 19.7 Å². The molecule has 30 heavy (non-hydrogen) atoms. The van der Waals surface area contributed by atoms with Crippen molar-refractivity contribution in [3.63, 3.8) is 0 Å². The molecule has 1 spiro atoms. The lowest BCUT2D eigenvalue weighted by Gasteiger charge is -2.32. The molecule has 4 atom stereocenters. The zero-order chi connectivity index (χ0) is 21.3. The first kappa shape index (κ1) is 21.5. The van der Waals surface area contributed by atoms with Gasteiger partial charge in [0.25, 0.3) is 0 Å². The number of hydrogen-bond donors (Lipinski definition) is 1. The van der Waals surface area contributed by atoms with Crippen molar-refractivity contribution in [3.05, 3.63) is 40.9 Å². The molecule has 0 aromatic heterocycles. The first-order chi connectivity index (χ1) is 14.5. The molecule has 1 aromatic carbocycles. The van der Waals surface area contributed by atoms with E-state index in [-0.39, 0.29) is 40.9 Å². The second-order valence-corrected chi connectivity index (χ2v) is 9.44. The van der Waals surface area contributed by atoms with Gasteiger partial charge >= 0.3 is 0 Å². The number of amides is 2. The Bertz CT molecular complexity index is 813. The molecule has 4 rings (SSSR count). The fourth-order valence-corrected chi connectivity index (χ4v) is 5.66. The SMILES string of the molecule is COCCN(CCOC)C(=O)[C@H]1[C@H](C(=O)Nc2ccc(Br)cc2)[C@@H]2C=C[C@H]1C21CC1. The normalized spacial score (nSPS) is 27.4. The maximum absolute atomic E-state index is 13.7. The predicted octanol–water partition coefficient (Wildman–Crippen LogP) is 3.34. The number of carbonyl (C=O) groups is 2. The molecule has 2 amide bonds. The molecule has 1 N–H and O–H groups in total. The van der Waals surface area contributed by atoms with Crippen molar-refractivity contribution in [2.24, 2.45) is 29.1 Å². The van der Waals surface area contributed by atoms with Gasteiger partial charge in [-0.3, -0.25) is 9.59 Å². The molecule has 3 aliphatic rings. The number of methoxy groups -OCH3 is 2. The number of allylic oxidation sites excluding steroid dienone is 2. The molecule has 6 nitrogen and oxygen atoms in total. The van der Waals surface area contributed by atoms with Crippen LogP contribution in [0.5, 0.6) is 0 Å². The number of rotatable bonds is 9. The van der Waals surface area contributed by atoms with Crippen LogP contribution in [0.25, 0.3) is 0 Å². The highest BCUT2D eigenvalue weighted by Crippen LogP contribution is 2.72. The third-order valence-electron chi connectivity index (χ3n) is 6.98. The third kappa shape index (κ3) is 3.83. The molecule has 2 bridgehead atoms. The Labute approximate surface area is 186 Å². The summed E-state index contributed by atoms with van der Waals surface area (Å²) in [5, 5.41) is 3.06. The van der Waals surface area contributed by atoms with Gasteiger partial charge in [0.15, 0.2) is 0 Å². The van der Waals surface area contributed by atoms with Gasteiger partial charge in [0.2, 0.25) is 11.8 Å². The molecule has 0 unspecified atom stereocenters. The van der Waals surface area contributed by atoms with Gasteiger partial charge in [-0.05, 0) is 54.4 Å². The van der Waals surface area contributed by atoms with Crippen molar-refractivity contribution in [2.75, 3.05) is 45.8 Å². The summed E-state index contributed by atoms with van der Waals surface area (Å²) >= 11 is 3.42. The van der Waals surface area contributed by atoms with Gasteiger partial charge in [-0.25, -0.2) is 0 Å². The topological polar surface area (TPSA) is 67.9 Å². The van der Waals surface area contributed by atoms with E-state index < -0.39 is 0 Å². The number of anilines is 1. The van der Waals surface area contributed by atoms with Crippen molar-refractivity contribution >= 4 is 33.4 Å². The van der Waals surface area contributed by atoms with E-state index >= 15 is 0 Å². The number of ether oxygens (including phenoxy) is 2. The quantitative estimate of drug-likeness (QED) is 0.555. The van der Waals surface area contributed by atoms with Crippen LogP contribution in [0.15, 0.2) is 40.9 Å². The summed E-state index contributed by atoms with van der Waals surface area (Å²) < 4.78 is 11.4. The summed E-state index contributed by atoms with van der Waals surface area (Å²) in [5.41, 5.74) is 0.859. The summed E-state index contributed by atoms with van der Waals surface area (Å²) in [6, 6.07) is 7.55. The van der Waals surface area contributed by atoms with Gasteiger partial charge in [0.1, 0.15) is 0 Å². The van der Waals surface area contributed by atoms with E-state index in [2.05, 4.69) is 33.4 Å². The van der Waals surface area contributed by atoms with Crippen LogP contribution >= 0.6 is 15.9 Å². The maximum atomic E-state index is 13.7. The molecule has 0 saturated heterocycles. The Hall–Kier alpha value is -1.70. The lowest BCUT2D eigenvalue weighted by molar-refractivity contribution is -0.142. The third-order valence-corrected chi connectivity index (χ3v) is 7.51. The number of carbonyl (C=O) groups excluding carboxylic acids is 2. The van der Waals surface area contributed by atoms with Crippen LogP contribution in [0.2, 0.25) is 0 Å². The Morgan fingerprint density at radius 1 is 1.03 bits per heavy atom.